The zero-order valence-corrected chi connectivity index (χ0v) is 20.6. The highest BCUT2D eigenvalue weighted by atomic mass is 19.4. The van der Waals surface area contributed by atoms with E-state index in [-0.39, 0.29) is 36.9 Å². The Hall–Kier alpha value is -3.39. The SMILES string of the molecule is CO[C@@](C(=O)N1CCC2(CC1)CC(=O)NC[C@H]2c1cccc2ccccc12)(c1ccccc1)C(F)(F)F. The van der Waals surface area contributed by atoms with E-state index in [0.717, 1.165) is 23.4 Å². The Bertz CT molecular complexity index is 1300. The van der Waals surface area contributed by atoms with Crippen LogP contribution in [0.3, 0.4) is 0 Å². The number of methoxy groups -OCH3 is 1. The van der Waals surface area contributed by atoms with Crippen LogP contribution in [0.5, 0.6) is 0 Å². The van der Waals surface area contributed by atoms with Crippen LogP contribution >= 0.6 is 0 Å². The van der Waals surface area contributed by atoms with E-state index in [9.17, 15) is 22.8 Å². The average molecular weight is 511 g/mol. The third kappa shape index (κ3) is 4.17. The molecule has 0 aliphatic carbocycles. The Morgan fingerprint density at radius 3 is 2.30 bits per heavy atom. The number of fused-ring (bicyclic) bond motifs is 1. The lowest BCUT2D eigenvalue weighted by molar-refractivity contribution is -0.271. The number of hydrogen-bond acceptors (Lipinski definition) is 3. The van der Waals surface area contributed by atoms with Crippen LogP contribution in [0.1, 0.15) is 36.3 Å². The van der Waals surface area contributed by atoms with Gasteiger partial charge in [0, 0.05) is 44.6 Å². The van der Waals surface area contributed by atoms with Crippen molar-refractivity contribution in [3.63, 3.8) is 0 Å². The van der Waals surface area contributed by atoms with Crippen molar-refractivity contribution < 1.29 is 27.5 Å². The van der Waals surface area contributed by atoms with Crippen LogP contribution in [0.4, 0.5) is 13.2 Å². The highest BCUT2D eigenvalue weighted by molar-refractivity contribution is 5.89. The van der Waals surface area contributed by atoms with Crippen LogP contribution in [0.2, 0.25) is 0 Å². The molecule has 1 N–H and O–H groups in total. The second kappa shape index (κ2) is 9.49. The van der Waals surface area contributed by atoms with Gasteiger partial charge in [0.1, 0.15) is 0 Å². The first kappa shape index (κ1) is 25.3. The first-order valence-electron chi connectivity index (χ1n) is 12.4. The van der Waals surface area contributed by atoms with Crippen LogP contribution in [0.25, 0.3) is 10.8 Å². The van der Waals surface area contributed by atoms with Gasteiger partial charge in [-0.1, -0.05) is 72.8 Å². The highest BCUT2D eigenvalue weighted by Gasteiger charge is 2.64. The minimum absolute atomic E-state index is 0.0162. The molecule has 5 nitrogen and oxygen atoms in total. The molecule has 2 aliphatic rings. The van der Waals surface area contributed by atoms with Gasteiger partial charge < -0.3 is 15.0 Å². The number of alkyl halides is 3. The van der Waals surface area contributed by atoms with E-state index >= 15 is 0 Å². The third-order valence-electron chi connectivity index (χ3n) is 8.19. The fourth-order valence-corrected chi connectivity index (χ4v) is 6.24. The van der Waals surface area contributed by atoms with Crippen molar-refractivity contribution in [2.45, 2.75) is 37.0 Å². The Labute approximate surface area is 213 Å². The highest BCUT2D eigenvalue weighted by Crippen LogP contribution is 2.51. The van der Waals surface area contributed by atoms with E-state index in [1.807, 2.05) is 30.3 Å². The van der Waals surface area contributed by atoms with Crippen molar-refractivity contribution in [1.82, 2.24) is 10.2 Å². The molecule has 0 unspecified atom stereocenters. The molecular formula is C29H29F3N2O3. The number of likely N-dealkylation sites (tertiary alicyclic amines) is 1. The van der Waals surface area contributed by atoms with Gasteiger partial charge in [-0.25, -0.2) is 0 Å². The lowest BCUT2D eigenvalue weighted by Crippen LogP contribution is -2.60. The fraction of sp³-hybridized carbons (Fsp3) is 0.379. The lowest BCUT2D eigenvalue weighted by Gasteiger charge is -2.50. The number of nitrogens with zero attached hydrogens (tertiary/aromatic N) is 1. The second-order valence-corrected chi connectivity index (χ2v) is 10.0. The van der Waals surface area contributed by atoms with Crippen LogP contribution in [0, 0.1) is 5.41 Å². The molecule has 8 heteroatoms. The van der Waals surface area contributed by atoms with Crippen molar-refractivity contribution in [2.24, 2.45) is 5.41 Å². The van der Waals surface area contributed by atoms with Gasteiger partial charge in [-0.15, -0.1) is 0 Å². The number of piperidine rings is 2. The van der Waals surface area contributed by atoms with Gasteiger partial charge in [0.25, 0.3) is 11.5 Å². The molecule has 0 aromatic heterocycles. The maximum atomic E-state index is 14.5. The number of nitrogens with one attached hydrogen (secondary N) is 1. The van der Waals surface area contributed by atoms with Crippen molar-refractivity contribution in [3.8, 4) is 0 Å². The number of rotatable bonds is 4. The Balaban J connectivity index is 1.46. The number of hydrogen-bond donors (Lipinski definition) is 1. The maximum Gasteiger partial charge on any atom is 0.430 e. The molecule has 0 bridgehead atoms. The molecular weight excluding hydrogens is 481 g/mol. The van der Waals surface area contributed by atoms with Crippen LogP contribution in [0.15, 0.2) is 72.8 Å². The summed E-state index contributed by atoms with van der Waals surface area (Å²) in [5, 5.41) is 5.18. The van der Waals surface area contributed by atoms with E-state index in [1.54, 1.807) is 6.07 Å². The molecule has 194 valence electrons. The van der Waals surface area contributed by atoms with E-state index in [2.05, 4.69) is 17.4 Å². The van der Waals surface area contributed by atoms with Crippen molar-refractivity contribution in [2.75, 3.05) is 26.7 Å². The Morgan fingerprint density at radius 1 is 0.973 bits per heavy atom. The van der Waals surface area contributed by atoms with Gasteiger partial charge >= 0.3 is 6.18 Å². The smallest absolute Gasteiger partial charge is 0.356 e. The van der Waals surface area contributed by atoms with Crippen molar-refractivity contribution >= 4 is 22.6 Å². The summed E-state index contributed by atoms with van der Waals surface area (Å²) in [5.41, 5.74) is -2.67. The first-order valence-corrected chi connectivity index (χ1v) is 12.4. The van der Waals surface area contributed by atoms with Gasteiger partial charge in [0.2, 0.25) is 5.91 Å². The molecule has 2 heterocycles. The number of benzene rings is 3. The van der Waals surface area contributed by atoms with Gasteiger partial charge in [0.15, 0.2) is 0 Å². The maximum absolute atomic E-state index is 14.5. The quantitative estimate of drug-likeness (QED) is 0.528. The summed E-state index contributed by atoms with van der Waals surface area (Å²) < 4.78 is 48.4. The van der Waals surface area contributed by atoms with E-state index in [4.69, 9.17) is 4.74 Å². The monoisotopic (exact) mass is 510 g/mol. The molecule has 5 rings (SSSR count). The predicted octanol–water partition coefficient (Wildman–Crippen LogP) is 5.16. The molecule has 3 aromatic carbocycles. The van der Waals surface area contributed by atoms with E-state index < -0.39 is 23.1 Å². The lowest BCUT2D eigenvalue weighted by atomic mass is 9.62. The van der Waals surface area contributed by atoms with Crippen molar-refractivity contribution in [3.05, 3.63) is 83.9 Å². The number of halogens is 3. The van der Waals surface area contributed by atoms with Crippen LogP contribution in [-0.2, 0) is 19.9 Å². The number of ether oxygens (including phenoxy) is 1. The summed E-state index contributed by atoms with van der Waals surface area (Å²) in [6, 6.07) is 21.2. The summed E-state index contributed by atoms with van der Waals surface area (Å²) in [6.07, 6.45) is -3.83. The largest absolute Gasteiger partial charge is 0.430 e. The first-order chi connectivity index (χ1) is 17.7. The van der Waals surface area contributed by atoms with E-state index in [0.29, 0.717) is 19.4 Å². The molecule has 0 radical (unpaired) electrons. The molecule has 2 fully saturated rings. The van der Waals surface area contributed by atoms with Gasteiger partial charge in [0.05, 0.1) is 0 Å². The van der Waals surface area contributed by atoms with Gasteiger partial charge in [-0.05, 0) is 34.6 Å². The third-order valence-corrected chi connectivity index (χ3v) is 8.19. The summed E-state index contributed by atoms with van der Waals surface area (Å²) in [7, 11) is 0.922. The Kier molecular flexibility index (Phi) is 6.48. The van der Waals surface area contributed by atoms with Gasteiger partial charge in [-0.3, -0.25) is 9.59 Å². The second-order valence-electron chi connectivity index (χ2n) is 10.0. The molecule has 37 heavy (non-hydrogen) atoms. The summed E-state index contributed by atoms with van der Waals surface area (Å²) in [4.78, 5) is 27.4. The molecule has 2 saturated heterocycles. The number of amides is 2. The van der Waals surface area contributed by atoms with Crippen LogP contribution < -0.4 is 5.32 Å². The normalized spacial score (nSPS) is 21.5. The molecule has 2 aliphatic heterocycles. The molecule has 2 atom stereocenters. The molecule has 0 saturated carbocycles. The molecule has 3 aromatic rings. The minimum Gasteiger partial charge on any atom is -0.356 e. The summed E-state index contributed by atoms with van der Waals surface area (Å²) in [6.45, 7) is 0.679. The molecule has 2 amide bonds. The van der Waals surface area contributed by atoms with E-state index in [1.165, 1.54) is 29.2 Å². The zero-order chi connectivity index (χ0) is 26.3. The summed E-state index contributed by atoms with van der Waals surface area (Å²) >= 11 is 0. The minimum atomic E-state index is -4.95. The van der Waals surface area contributed by atoms with Gasteiger partial charge in [-0.2, -0.15) is 13.2 Å². The standard InChI is InChI=1S/C29H29F3N2O3/c1-37-28(29(30,31)32,21-10-3-2-4-11-21)26(36)34-16-14-27(15-17-34)18-25(35)33-19-24(27)23-13-7-9-20-8-5-6-12-22(20)23/h2-13,24H,14-19H2,1H3,(H,33,35)/t24-,28+/m0/s1. The zero-order valence-electron chi connectivity index (χ0n) is 20.6. The Morgan fingerprint density at radius 2 is 1.62 bits per heavy atom. The number of carbonyl (C=O) groups is 2. The molecule has 1 spiro atoms. The van der Waals surface area contributed by atoms with Crippen molar-refractivity contribution in [1.29, 1.82) is 0 Å². The number of carbonyl (C=O) groups excluding carboxylic acids is 2. The topological polar surface area (TPSA) is 58.6 Å². The van der Waals surface area contributed by atoms with Crippen LogP contribution in [-0.4, -0.2) is 49.6 Å². The predicted molar refractivity (Wildman–Crippen MR) is 134 cm³/mol. The fourth-order valence-electron chi connectivity index (χ4n) is 6.24. The average Bonchev–Trinajstić information content (AvgIpc) is 2.89. The summed E-state index contributed by atoms with van der Waals surface area (Å²) in [5.74, 6) is -1.20.